The van der Waals surface area contributed by atoms with Crippen LogP contribution in [0.25, 0.3) is 0 Å². The Hall–Kier alpha value is -1.66. The Labute approximate surface area is 114 Å². The predicted octanol–water partition coefficient (Wildman–Crippen LogP) is 0.830. The van der Waals surface area contributed by atoms with Crippen molar-refractivity contribution in [3.63, 3.8) is 0 Å². The number of rotatable bonds is 3. The SMILES string of the molecule is C=C(C)C(=O)OC.C=C(C)C(=O)OC.CC(O)CO. The second kappa shape index (κ2) is 14.4. The van der Waals surface area contributed by atoms with Crippen LogP contribution in [0.15, 0.2) is 24.3 Å². The molecule has 0 aromatic carbocycles. The van der Waals surface area contributed by atoms with Gasteiger partial charge in [0, 0.05) is 11.1 Å². The lowest BCUT2D eigenvalue weighted by molar-refractivity contribution is -0.136. The van der Waals surface area contributed by atoms with Gasteiger partial charge in [-0.15, -0.1) is 0 Å². The summed E-state index contributed by atoms with van der Waals surface area (Å²) < 4.78 is 8.55. The average Bonchev–Trinajstić information content (AvgIpc) is 2.37. The first-order chi connectivity index (χ1) is 8.63. The van der Waals surface area contributed by atoms with Gasteiger partial charge in [-0.05, 0) is 20.8 Å². The highest BCUT2D eigenvalue weighted by Crippen LogP contribution is 1.87. The van der Waals surface area contributed by atoms with E-state index in [1.54, 1.807) is 13.8 Å². The van der Waals surface area contributed by atoms with Gasteiger partial charge in [-0.1, -0.05) is 13.2 Å². The number of carbonyl (C=O) groups is 2. The van der Waals surface area contributed by atoms with Crippen LogP contribution in [0.4, 0.5) is 0 Å². The van der Waals surface area contributed by atoms with Gasteiger partial charge in [-0.25, -0.2) is 9.59 Å². The molecular formula is C13H24O6. The van der Waals surface area contributed by atoms with E-state index < -0.39 is 6.10 Å². The van der Waals surface area contributed by atoms with Gasteiger partial charge in [0.15, 0.2) is 0 Å². The number of esters is 2. The summed E-state index contributed by atoms with van der Waals surface area (Å²) in [5, 5.41) is 16.0. The summed E-state index contributed by atoms with van der Waals surface area (Å²) in [7, 11) is 2.66. The second-order valence-electron chi connectivity index (χ2n) is 3.58. The molecule has 1 atom stereocenters. The molecule has 0 aliphatic heterocycles. The first-order valence-corrected chi connectivity index (χ1v) is 5.40. The van der Waals surface area contributed by atoms with Crippen LogP contribution in [0.5, 0.6) is 0 Å². The van der Waals surface area contributed by atoms with E-state index in [4.69, 9.17) is 10.2 Å². The van der Waals surface area contributed by atoms with Gasteiger partial charge in [-0.3, -0.25) is 0 Å². The summed E-state index contributed by atoms with van der Waals surface area (Å²) in [5.74, 6) is -0.694. The molecule has 2 N–H and O–H groups in total. The molecule has 19 heavy (non-hydrogen) atoms. The highest BCUT2D eigenvalue weighted by molar-refractivity contribution is 5.87. The summed E-state index contributed by atoms with van der Waals surface area (Å²) in [6, 6.07) is 0. The fourth-order valence-corrected chi connectivity index (χ4v) is 0.348. The van der Waals surface area contributed by atoms with Crippen LogP contribution in [0.2, 0.25) is 0 Å². The molecule has 0 fully saturated rings. The Balaban J connectivity index is -0.000000206. The quantitative estimate of drug-likeness (QED) is 0.586. The van der Waals surface area contributed by atoms with E-state index in [0.717, 1.165) is 0 Å². The van der Waals surface area contributed by atoms with Gasteiger partial charge in [0.05, 0.1) is 26.9 Å². The first kappa shape index (κ1) is 22.5. The molecular weight excluding hydrogens is 252 g/mol. The predicted molar refractivity (Wildman–Crippen MR) is 72.4 cm³/mol. The van der Waals surface area contributed by atoms with E-state index in [-0.39, 0.29) is 18.5 Å². The highest BCUT2D eigenvalue weighted by atomic mass is 16.5. The van der Waals surface area contributed by atoms with Crippen molar-refractivity contribution in [1.29, 1.82) is 0 Å². The molecule has 0 spiro atoms. The molecule has 0 aliphatic carbocycles. The lowest BCUT2D eigenvalue weighted by atomic mass is 10.4. The lowest BCUT2D eigenvalue weighted by Gasteiger charge is -1.91. The summed E-state index contributed by atoms with van der Waals surface area (Å²) in [6.45, 7) is 11.3. The number of hydrogen-bond donors (Lipinski definition) is 2. The third-order valence-corrected chi connectivity index (χ3v) is 1.33. The third-order valence-electron chi connectivity index (χ3n) is 1.33. The average molecular weight is 276 g/mol. The first-order valence-electron chi connectivity index (χ1n) is 5.40. The molecule has 112 valence electrons. The van der Waals surface area contributed by atoms with Crippen molar-refractivity contribution in [1.82, 2.24) is 0 Å². The van der Waals surface area contributed by atoms with Crippen LogP contribution in [-0.4, -0.2) is 49.1 Å². The normalized spacial score (nSPS) is 9.63. The largest absolute Gasteiger partial charge is 0.466 e. The standard InChI is InChI=1S/2C5H8O2.C3H8O2/c2*1-4(2)5(6)7-3;1-3(5)2-4/h2*1H2,2-3H3;3-5H,2H2,1H3. The van der Waals surface area contributed by atoms with E-state index >= 15 is 0 Å². The molecule has 0 aliphatic rings. The minimum Gasteiger partial charge on any atom is -0.466 e. The molecule has 0 saturated heterocycles. The third kappa shape index (κ3) is 22.1. The molecule has 0 aromatic heterocycles. The van der Waals surface area contributed by atoms with Gasteiger partial charge in [0.2, 0.25) is 0 Å². The topological polar surface area (TPSA) is 93.1 Å². The molecule has 1 unspecified atom stereocenters. The van der Waals surface area contributed by atoms with E-state index in [9.17, 15) is 9.59 Å². The minimum atomic E-state index is -0.560. The number of ether oxygens (including phenoxy) is 2. The Morgan fingerprint density at radius 2 is 1.26 bits per heavy atom. The zero-order valence-electron chi connectivity index (χ0n) is 12.2. The van der Waals surface area contributed by atoms with Gasteiger partial charge in [-0.2, -0.15) is 0 Å². The van der Waals surface area contributed by atoms with Gasteiger partial charge < -0.3 is 19.7 Å². The second-order valence-corrected chi connectivity index (χ2v) is 3.58. The van der Waals surface area contributed by atoms with Crippen LogP contribution in [0.1, 0.15) is 20.8 Å². The number of methoxy groups -OCH3 is 2. The number of carbonyl (C=O) groups excluding carboxylic acids is 2. The van der Waals surface area contributed by atoms with Gasteiger partial charge in [0.25, 0.3) is 0 Å². The summed E-state index contributed by atoms with van der Waals surface area (Å²) in [5.41, 5.74) is 0.866. The van der Waals surface area contributed by atoms with Crippen molar-refractivity contribution in [3.05, 3.63) is 24.3 Å². The Morgan fingerprint density at radius 1 is 1.05 bits per heavy atom. The zero-order valence-corrected chi connectivity index (χ0v) is 12.2. The van der Waals surface area contributed by atoms with Crippen LogP contribution in [-0.2, 0) is 19.1 Å². The van der Waals surface area contributed by atoms with Crippen LogP contribution < -0.4 is 0 Å². The van der Waals surface area contributed by atoms with E-state index in [0.29, 0.717) is 11.1 Å². The van der Waals surface area contributed by atoms with Crippen molar-refractivity contribution >= 4 is 11.9 Å². The van der Waals surface area contributed by atoms with E-state index in [1.165, 1.54) is 21.1 Å². The molecule has 6 heteroatoms. The molecule has 6 nitrogen and oxygen atoms in total. The number of hydrogen-bond acceptors (Lipinski definition) is 6. The van der Waals surface area contributed by atoms with Crippen molar-refractivity contribution in [2.75, 3.05) is 20.8 Å². The summed E-state index contributed by atoms with van der Waals surface area (Å²) >= 11 is 0. The maximum Gasteiger partial charge on any atom is 0.332 e. The monoisotopic (exact) mass is 276 g/mol. The van der Waals surface area contributed by atoms with E-state index in [1.807, 2.05) is 0 Å². The van der Waals surface area contributed by atoms with Crippen molar-refractivity contribution < 1.29 is 29.3 Å². The van der Waals surface area contributed by atoms with E-state index in [2.05, 4.69) is 22.6 Å². The zero-order chi connectivity index (χ0) is 16.0. The molecule has 0 bridgehead atoms. The fraction of sp³-hybridized carbons (Fsp3) is 0.538. The highest BCUT2D eigenvalue weighted by Gasteiger charge is 1.96. The number of aliphatic hydroxyl groups excluding tert-OH is 2. The Morgan fingerprint density at radius 3 is 1.26 bits per heavy atom. The van der Waals surface area contributed by atoms with Crippen molar-refractivity contribution in [2.24, 2.45) is 0 Å². The molecule has 0 aromatic rings. The van der Waals surface area contributed by atoms with Gasteiger partial charge in [0.1, 0.15) is 0 Å². The maximum absolute atomic E-state index is 10.2. The van der Waals surface area contributed by atoms with Crippen LogP contribution >= 0.6 is 0 Å². The number of aliphatic hydroxyl groups is 2. The minimum absolute atomic E-state index is 0.139. The Bertz CT molecular complexity index is 268. The van der Waals surface area contributed by atoms with Crippen molar-refractivity contribution in [3.8, 4) is 0 Å². The fourth-order valence-electron chi connectivity index (χ4n) is 0.348. The molecule has 0 saturated carbocycles. The Kier molecular flexibility index (Phi) is 17.1. The molecule has 0 heterocycles. The van der Waals surface area contributed by atoms with Crippen LogP contribution in [0, 0.1) is 0 Å². The van der Waals surface area contributed by atoms with Crippen molar-refractivity contribution in [2.45, 2.75) is 26.9 Å². The van der Waals surface area contributed by atoms with Gasteiger partial charge >= 0.3 is 11.9 Å². The lowest BCUT2D eigenvalue weighted by Crippen LogP contribution is -2.03. The molecule has 0 amide bonds. The smallest absolute Gasteiger partial charge is 0.332 e. The molecule has 0 rings (SSSR count). The summed E-state index contributed by atoms with van der Waals surface area (Å²) in [6.07, 6.45) is -0.560. The van der Waals surface area contributed by atoms with Crippen LogP contribution in [0.3, 0.4) is 0 Å². The molecule has 0 radical (unpaired) electrons. The maximum atomic E-state index is 10.2. The summed E-state index contributed by atoms with van der Waals surface area (Å²) in [4.78, 5) is 20.4.